The first-order chi connectivity index (χ1) is 9.11. The van der Waals surface area contributed by atoms with Crippen LogP contribution in [0.5, 0.6) is 0 Å². The van der Waals surface area contributed by atoms with Crippen LogP contribution in [0.1, 0.15) is 37.8 Å². The second kappa shape index (κ2) is 4.56. The largest absolute Gasteiger partial charge is 0.328 e. The number of aryl methyl sites for hydroxylation is 1. The Labute approximate surface area is 113 Å². The third kappa shape index (κ3) is 2.12. The molecule has 2 N–H and O–H groups in total. The molecule has 19 heavy (non-hydrogen) atoms. The third-order valence-corrected chi connectivity index (χ3v) is 4.42. The highest BCUT2D eigenvalue weighted by atomic mass is 16.2. The molecule has 1 saturated heterocycles. The van der Waals surface area contributed by atoms with Gasteiger partial charge in [-0.25, -0.2) is 9.97 Å². The van der Waals surface area contributed by atoms with Crippen LogP contribution >= 0.6 is 0 Å². The molecule has 1 aliphatic carbocycles. The van der Waals surface area contributed by atoms with Crippen molar-refractivity contribution in [1.29, 1.82) is 0 Å². The molecule has 0 aromatic carbocycles. The van der Waals surface area contributed by atoms with Crippen LogP contribution in [0.15, 0.2) is 12.3 Å². The SMILES string of the molecule is Cc1ccnc(N2CCC3(CCCC(N)C3)C2=O)n1. The monoisotopic (exact) mass is 260 g/mol. The van der Waals surface area contributed by atoms with Gasteiger partial charge >= 0.3 is 0 Å². The fourth-order valence-electron chi connectivity index (χ4n) is 3.41. The molecular weight excluding hydrogens is 240 g/mol. The summed E-state index contributed by atoms with van der Waals surface area (Å²) >= 11 is 0. The van der Waals surface area contributed by atoms with Gasteiger partial charge in [0.1, 0.15) is 0 Å². The van der Waals surface area contributed by atoms with Crippen molar-refractivity contribution in [3.8, 4) is 0 Å². The van der Waals surface area contributed by atoms with Crippen LogP contribution in [0.2, 0.25) is 0 Å². The Morgan fingerprint density at radius 3 is 3.05 bits per heavy atom. The second-order valence-electron chi connectivity index (χ2n) is 5.84. The van der Waals surface area contributed by atoms with E-state index in [1.54, 1.807) is 11.1 Å². The molecule has 1 aromatic rings. The smallest absolute Gasteiger partial charge is 0.235 e. The summed E-state index contributed by atoms with van der Waals surface area (Å²) in [5.74, 6) is 0.717. The van der Waals surface area contributed by atoms with Gasteiger partial charge < -0.3 is 5.73 Å². The van der Waals surface area contributed by atoms with Crippen LogP contribution in [-0.4, -0.2) is 28.5 Å². The number of hydrogen-bond donors (Lipinski definition) is 1. The van der Waals surface area contributed by atoms with E-state index < -0.39 is 0 Å². The van der Waals surface area contributed by atoms with Crippen LogP contribution < -0.4 is 10.6 Å². The lowest BCUT2D eigenvalue weighted by atomic mass is 9.71. The van der Waals surface area contributed by atoms with Gasteiger partial charge in [-0.15, -0.1) is 0 Å². The van der Waals surface area contributed by atoms with Crippen LogP contribution in [0, 0.1) is 12.3 Å². The topological polar surface area (TPSA) is 72.1 Å². The lowest BCUT2D eigenvalue weighted by Crippen LogP contribution is -2.42. The molecule has 1 saturated carbocycles. The Morgan fingerprint density at radius 2 is 2.32 bits per heavy atom. The molecule has 2 aliphatic rings. The van der Waals surface area contributed by atoms with Crippen molar-refractivity contribution in [2.45, 2.75) is 45.1 Å². The molecule has 102 valence electrons. The van der Waals surface area contributed by atoms with E-state index in [0.717, 1.165) is 44.3 Å². The van der Waals surface area contributed by atoms with Gasteiger partial charge in [0.25, 0.3) is 0 Å². The van der Waals surface area contributed by atoms with Crippen molar-refractivity contribution in [1.82, 2.24) is 9.97 Å². The number of hydrogen-bond acceptors (Lipinski definition) is 4. The molecule has 2 fully saturated rings. The predicted molar refractivity (Wildman–Crippen MR) is 72.6 cm³/mol. The first kappa shape index (κ1) is 12.5. The summed E-state index contributed by atoms with van der Waals surface area (Å²) in [6, 6.07) is 2.01. The lowest BCUT2D eigenvalue weighted by molar-refractivity contribution is -0.127. The Balaban J connectivity index is 1.86. The normalized spacial score (nSPS) is 31.2. The quantitative estimate of drug-likeness (QED) is 0.828. The Kier molecular flexibility index (Phi) is 3.01. The maximum Gasteiger partial charge on any atom is 0.235 e. The van der Waals surface area contributed by atoms with E-state index in [0.29, 0.717) is 5.95 Å². The van der Waals surface area contributed by atoms with Gasteiger partial charge in [0.2, 0.25) is 11.9 Å². The molecule has 2 unspecified atom stereocenters. The Morgan fingerprint density at radius 1 is 1.47 bits per heavy atom. The number of amides is 1. The van der Waals surface area contributed by atoms with Crippen molar-refractivity contribution in [2.24, 2.45) is 11.1 Å². The van der Waals surface area contributed by atoms with E-state index in [-0.39, 0.29) is 17.4 Å². The van der Waals surface area contributed by atoms with E-state index >= 15 is 0 Å². The second-order valence-corrected chi connectivity index (χ2v) is 5.84. The number of carbonyl (C=O) groups is 1. The molecule has 1 amide bonds. The molecule has 1 aromatic heterocycles. The van der Waals surface area contributed by atoms with Crippen molar-refractivity contribution in [3.05, 3.63) is 18.0 Å². The fraction of sp³-hybridized carbons (Fsp3) is 0.643. The summed E-state index contributed by atoms with van der Waals surface area (Å²) in [4.78, 5) is 23.1. The minimum Gasteiger partial charge on any atom is -0.328 e. The van der Waals surface area contributed by atoms with E-state index in [4.69, 9.17) is 5.73 Å². The number of nitrogens with two attached hydrogens (primary N) is 1. The molecule has 0 radical (unpaired) electrons. The van der Waals surface area contributed by atoms with Crippen molar-refractivity contribution < 1.29 is 4.79 Å². The molecule has 2 heterocycles. The van der Waals surface area contributed by atoms with Gasteiger partial charge in [-0.2, -0.15) is 0 Å². The number of aromatic nitrogens is 2. The predicted octanol–water partition coefficient (Wildman–Crippen LogP) is 1.41. The minimum absolute atomic E-state index is 0.163. The molecule has 0 bridgehead atoms. The maximum absolute atomic E-state index is 12.7. The Bertz CT molecular complexity index is 504. The summed E-state index contributed by atoms with van der Waals surface area (Å²) in [6.07, 6.45) is 6.46. The van der Waals surface area contributed by atoms with Crippen molar-refractivity contribution in [3.63, 3.8) is 0 Å². The first-order valence-corrected chi connectivity index (χ1v) is 6.98. The van der Waals surface area contributed by atoms with Crippen LogP contribution in [-0.2, 0) is 4.79 Å². The average molecular weight is 260 g/mol. The molecule has 2 atom stereocenters. The summed E-state index contributed by atoms with van der Waals surface area (Å²) in [5.41, 5.74) is 6.70. The summed E-state index contributed by atoms with van der Waals surface area (Å²) in [6.45, 7) is 2.63. The molecule has 5 heteroatoms. The molecule has 5 nitrogen and oxygen atoms in total. The van der Waals surface area contributed by atoms with E-state index in [9.17, 15) is 4.79 Å². The minimum atomic E-state index is -0.245. The van der Waals surface area contributed by atoms with E-state index in [1.807, 2.05) is 13.0 Å². The number of nitrogens with zero attached hydrogens (tertiary/aromatic N) is 3. The van der Waals surface area contributed by atoms with Gasteiger partial charge in [0.05, 0.1) is 5.41 Å². The van der Waals surface area contributed by atoms with Gasteiger partial charge in [0.15, 0.2) is 0 Å². The fourth-order valence-corrected chi connectivity index (χ4v) is 3.41. The van der Waals surface area contributed by atoms with Crippen LogP contribution in [0.25, 0.3) is 0 Å². The van der Waals surface area contributed by atoms with E-state index in [1.165, 1.54) is 0 Å². The first-order valence-electron chi connectivity index (χ1n) is 6.98. The van der Waals surface area contributed by atoms with Crippen LogP contribution in [0.4, 0.5) is 5.95 Å². The number of carbonyl (C=O) groups excluding carboxylic acids is 1. The zero-order valence-electron chi connectivity index (χ0n) is 11.3. The lowest BCUT2D eigenvalue weighted by Gasteiger charge is -2.34. The average Bonchev–Trinajstić information content (AvgIpc) is 2.67. The van der Waals surface area contributed by atoms with Gasteiger partial charge in [-0.3, -0.25) is 9.69 Å². The van der Waals surface area contributed by atoms with Crippen LogP contribution in [0.3, 0.4) is 0 Å². The number of anilines is 1. The molecule has 1 spiro atoms. The molecular formula is C14H20N4O. The van der Waals surface area contributed by atoms with Crippen molar-refractivity contribution >= 4 is 11.9 Å². The van der Waals surface area contributed by atoms with Crippen molar-refractivity contribution in [2.75, 3.05) is 11.4 Å². The van der Waals surface area contributed by atoms with Gasteiger partial charge in [-0.05, 0) is 38.7 Å². The highest BCUT2D eigenvalue weighted by Gasteiger charge is 2.49. The summed E-state index contributed by atoms with van der Waals surface area (Å²) in [7, 11) is 0. The zero-order valence-corrected chi connectivity index (χ0v) is 11.3. The highest BCUT2D eigenvalue weighted by Crippen LogP contribution is 2.45. The standard InChI is InChI=1S/C14H20N4O/c1-10-4-7-16-13(17-10)18-8-6-14(12(18)19)5-2-3-11(15)9-14/h4,7,11H,2-3,5-6,8-9,15H2,1H3. The number of rotatable bonds is 1. The summed E-state index contributed by atoms with van der Waals surface area (Å²) < 4.78 is 0. The zero-order chi connectivity index (χ0) is 13.5. The van der Waals surface area contributed by atoms with Gasteiger partial charge in [0, 0.05) is 24.5 Å². The highest BCUT2D eigenvalue weighted by molar-refractivity contribution is 5.98. The Hall–Kier alpha value is -1.49. The third-order valence-electron chi connectivity index (χ3n) is 4.42. The molecule has 1 aliphatic heterocycles. The molecule has 3 rings (SSSR count). The van der Waals surface area contributed by atoms with E-state index in [2.05, 4.69) is 9.97 Å². The van der Waals surface area contributed by atoms with Gasteiger partial charge in [-0.1, -0.05) is 6.42 Å². The summed E-state index contributed by atoms with van der Waals surface area (Å²) in [5, 5.41) is 0. The maximum atomic E-state index is 12.7.